The molecule has 1 amide bonds. The zero-order chi connectivity index (χ0) is 15.7. The van der Waals surface area contributed by atoms with E-state index in [4.69, 9.17) is 4.74 Å². The lowest BCUT2D eigenvalue weighted by atomic mass is 9.92. The van der Waals surface area contributed by atoms with Crippen LogP contribution in [0.3, 0.4) is 0 Å². The second kappa shape index (κ2) is 5.82. The number of ether oxygens (including phenoxy) is 1. The summed E-state index contributed by atoms with van der Waals surface area (Å²) in [4.78, 5) is 24.6. The van der Waals surface area contributed by atoms with Crippen LogP contribution < -0.4 is 5.32 Å². The first-order chi connectivity index (χ1) is 9.70. The summed E-state index contributed by atoms with van der Waals surface area (Å²) in [5.74, 6) is 0.154. The van der Waals surface area contributed by atoms with Crippen molar-refractivity contribution in [1.82, 2.24) is 5.32 Å². The predicted octanol–water partition coefficient (Wildman–Crippen LogP) is 3.75. The highest BCUT2D eigenvalue weighted by Gasteiger charge is 2.48. The van der Waals surface area contributed by atoms with Gasteiger partial charge in [0, 0.05) is 5.41 Å². The van der Waals surface area contributed by atoms with Gasteiger partial charge in [-0.2, -0.15) is 0 Å². The van der Waals surface area contributed by atoms with Crippen molar-refractivity contribution in [2.45, 2.75) is 77.9 Å². The Morgan fingerprint density at radius 1 is 1.38 bits per heavy atom. The molecule has 0 aromatic carbocycles. The number of allylic oxidation sites excluding steroid dienone is 1. The smallest absolute Gasteiger partial charge is 0.408 e. The Hall–Kier alpha value is -1.32. The highest BCUT2D eigenvalue weighted by molar-refractivity contribution is 5.94. The van der Waals surface area contributed by atoms with Crippen LogP contribution in [0, 0.1) is 5.41 Å². The van der Waals surface area contributed by atoms with E-state index in [2.05, 4.69) is 11.4 Å². The minimum Gasteiger partial charge on any atom is -0.444 e. The zero-order valence-corrected chi connectivity index (χ0v) is 13.6. The molecule has 0 aliphatic heterocycles. The number of alkyl carbamates (subject to hydrolysis) is 1. The van der Waals surface area contributed by atoms with Gasteiger partial charge in [0.05, 0.1) is 6.04 Å². The molecule has 4 nitrogen and oxygen atoms in total. The Balaban J connectivity index is 2.01. The number of nitrogens with one attached hydrogen (secondary N) is 1. The van der Waals surface area contributed by atoms with Gasteiger partial charge in [0.15, 0.2) is 5.78 Å². The van der Waals surface area contributed by atoms with E-state index in [-0.39, 0.29) is 11.2 Å². The van der Waals surface area contributed by atoms with Crippen LogP contribution in [0.5, 0.6) is 0 Å². The first-order valence-corrected chi connectivity index (χ1v) is 7.91. The van der Waals surface area contributed by atoms with Crippen molar-refractivity contribution >= 4 is 11.9 Å². The van der Waals surface area contributed by atoms with Crippen molar-refractivity contribution in [3.63, 3.8) is 0 Å². The second-order valence-corrected chi connectivity index (χ2v) is 7.58. The van der Waals surface area contributed by atoms with Crippen molar-refractivity contribution in [1.29, 1.82) is 0 Å². The van der Waals surface area contributed by atoms with Crippen molar-refractivity contribution in [2.75, 3.05) is 0 Å². The third-order valence-electron chi connectivity index (χ3n) is 4.20. The number of Topliss-reactive ketones (excluding diaryl/α,β-unsaturated/α-hetero) is 1. The Labute approximate surface area is 127 Å². The lowest BCUT2D eigenvalue weighted by molar-refractivity contribution is -0.125. The minimum atomic E-state index is -0.548. The van der Waals surface area contributed by atoms with Crippen molar-refractivity contribution in [3.8, 4) is 0 Å². The first kappa shape index (κ1) is 16.1. The van der Waals surface area contributed by atoms with E-state index in [1.165, 1.54) is 5.57 Å². The van der Waals surface area contributed by atoms with Gasteiger partial charge in [0.2, 0.25) is 0 Å². The number of rotatable bonds is 5. The van der Waals surface area contributed by atoms with E-state index >= 15 is 0 Å². The molecule has 0 unspecified atom stereocenters. The summed E-state index contributed by atoms with van der Waals surface area (Å²) < 4.78 is 5.29. The van der Waals surface area contributed by atoms with Crippen LogP contribution in [0.15, 0.2) is 11.6 Å². The number of carbonyl (C=O) groups is 2. The minimum absolute atomic E-state index is 0.154. The van der Waals surface area contributed by atoms with Crippen molar-refractivity contribution < 1.29 is 14.3 Å². The third-order valence-corrected chi connectivity index (χ3v) is 4.20. The lowest BCUT2D eigenvalue weighted by Crippen LogP contribution is -2.45. The van der Waals surface area contributed by atoms with E-state index in [0.717, 1.165) is 32.1 Å². The number of ketones is 1. The molecule has 2 aliphatic carbocycles. The van der Waals surface area contributed by atoms with Gasteiger partial charge < -0.3 is 10.1 Å². The molecule has 1 saturated carbocycles. The van der Waals surface area contributed by atoms with Gasteiger partial charge in [-0.3, -0.25) is 4.79 Å². The van der Waals surface area contributed by atoms with E-state index in [1.54, 1.807) is 0 Å². The van der Waals surface area contributed by atoms with Crippen LogP contribution in [0.4, 0.5) is 4.79 Å². The number of carbonyl (C=O) groups excluding carboxylic acids is 2. The average Bonchev–Trinajstić information content (AvgIpc) is 2.88. The molecule has 4 heteroatoms. The Morgan fingerprint density at radius 3 is 2.52 bits per heavy atom. The second-order valence-electron chi connectivity index (χ2n) is 7.58. The number of hydrogen-bond acceptors (Lipinski definition) is 3. The number of hydrogen-bond donors (Lipinski definition) is 1. The van der Waals surface area contributed by atoms with E-state index < -0.39 is 17.7 Å². The van der Waals surface area contributed by atoms with Gasteiger partial charge in [-0.05, 0) is 59.3 Å². The molecule has 0 saturated heterocycles. The van der Waals surface area contributed by atoms with Gasteiger partial charge in [-0.25, -0.2) is 4.79 Å². The molecule has 0 spiro atoms. The van der Waals surface area contributed by atoms with Crippen LogP contribution in [0.25, 0.3) is 0 Å². The highest BCUT2D eigenvalue weighted by Crippen LogP contribution is 2.47. The summed E-state index contributed by atoms with van der Waals surface area (Å²) in [6.07, 6.45) is 7.47. The third kappa shape index (κ3) is 4.58. The van der Waals surface area contributed by atoms with E-state index in [9.17, 15) is 9.59 Å². The predicted molar refractivity (Wildman–Crippen MR) is 82.1 cm³/mol. The molecule has 0 heterocycles. The van der Waals surface area contributed by atoms with Crippen molar-refractivity contribution in [3.05, 3.63) is 11.6 Å². The maximum absolute atomic E-state index is 12.6. The molecular weight excluding hydrogens is 266 g/mol. The maximum Gasteiger partial charge on any atom is 0.408 e. The van der Waals surface area contributed by atoms with Gasteiger partial charge in [-0.15, -0.1) is 0 Å². The summed E-state index contributed by atoms with van der Waals surface area (Å²) in [6, 6.07) is -0.448. The van der Waals surface area contributed by atoms with Gasteiger partial charge in [-0.1, -0.05) is 18.6 Å². The normalized spacial score (nSPS) is 21.4. The summed E-state index contributed by atoms with van der Waals surface area (Å²) in [7, 11) is 0. The molecule has 0 aromatic heterocycles. The van der Waals surface area contributed by atoms with Gasteiger partial charge in [0.25, 0.3) is 0 Å². The average molecular weight is 293 g/mol. The van der Waals surface area contributed by atoms with E-state index in [0.29, 0.717) is 6.42 Å². The van der Waals surface area contributed by atoms with Crippen LogP contribution in [0.1, 0.15) is 66.2 Å². The molecule has 0 bridgehead atoms. The SMILES string of the molecule is CC(C)(C)OC(=O)N[C@@H](CC1=CCCC1)C(=O)C1(C)CC1. The first-order valence-electron chi connectivity index (χ1n) is 7.91. The zero-order valence-electron chi connectivity index (χ0n) is 13.6. The fraction of sp³-hybridized carbons (Fsp3) is 0.765. The molecule has 0 aromatic rings. The van der Waals surface area contributed by atoms with Gasteiger partial charge >= 0.3 is 6.09 Å². The molecule has 1 atom stereocenters. The summed E-state index contributed by atoms with van der Waals surface area (Å²) in [6.45, 7) is 7.46. The van der Waals surface area contributed by atoms with Crippen LogP contribution in [0.2, 0.25) is 0 Å². The quantitative estimate of drug-likeness (QED) is 0.785. The van der Waals surface area contributed by atoms with Gasteiger partial charge in [0.1, 0.15) is 5.60 Å². The Kier molecular flexibility index (Phi) is 4.45. The summed E-state index contributed by atoms with van der Waals surface area (Å²) >= 11 is 0. The maximum atomic E-state index is 12.6. The highest BCUT2D eigenvalue weighted by atomic mass is 16.6. The molecule has 2 rings (SSSR count). The fourth-order valence-corrected chi connectivity index (χ4v) is 2.70. The largest absolute Gasteiger partial charge is 0.444 e. The summed E-state index contributed by atoms with van der Waals surface area (Å²) in [5.41, 5.74) is 0.501. The molecule has 2 aliphatic rings. The molecule has 1 N–H and O–H groups in total. The molecule has 0 radical (unpaired) electrons. The monoisotopic (exact) mass is 293 g/mol. The molecule has 118 valence electrons. The van der Waals surface area contributed by atoms with Crippen LogP contribution in [-0.2, 0) is 9.53 Å². The van der Waals surface area contributed by atoms with Crippen LogP contribution in [-0.4, -0.2) is 23.5 Å². The van der Waals surface area contributed by atoms with E-state index in [1.807, 2.05) is 27.7 Å². The Morgan fingerprint density at radius 2 is 2.05 bits per heavy atom. The fourth-order valence-electron chi connectivity index (χ4n) is 2.70. The lowest BCUT2D eigenvalue weighted by Gasteiger charge is -2.25. The topological polar surface area (TPSA) is 55.4 Å². The van der Waals surface area contributed by atoms with Crippen molar-refractivity contribution in [2.24, 2.45) is 5.41 Å². The Bertz CT molecular complexity index is 455. The van der Waals surface area contributed by atoms with Crippen LogP contribution >= 0.6 is 0 Å². The summed E-state index contributed by atoms with van der Waals surface area (Å²) in [5, 5.41) is 2.80. The number of amides is 1. The standard InChI is InChI=1S/C17H27NO3/c1-16(2,3)21-15(20)18-13(11-12-7-5-6-8-12)14(19)17(4)9-10-17/h7,13H,5-6,8-11H2,1-4H3,(H,18,20)/t13-/m0/s1. The molecular formula is C17H27NO3. The molecule has 1 fully saturated rings. The molecule has 21 heavy (non-hydrogen) atoms.